The standard InChI is InChI=1S/C13H11ClFNO3S/c14-10-4-5-11(15)9(8-10)2-1-3-12-13(17)16-6-7-20(12,18)19/h1-5,8H,6-7H2,(H,16,17)/b2-1+,12-3+. The first-order valence-electron chi connectivity index (χ1n) is 5.74. The lowest BCUT2D eigenvalue weighted by Gasteiger charge is -2.14. The molecule has 1 aromatic rings. The summed E-state index contributed by atoms with van der Waals surface area (Å²) in [6.07, 6.45) is 3.82. The third kappa shape index (κ3) is 3.26. The van der Waals surface area contributed by atoms with Crippen molar-refractivity contribution in [2.24, 2.45) is 0 Å². The fourth-order valence-corrected chi connectivity index (χ4v) is 3.11. The second-order valence-corrected chi connectivity index (χ2v) is 6.64. The second kappa shape index (κ2) is 5.76. The van der Waals surface area contributed by atoms with Gasteiger partial charge in [0.25, 0.3) is 5.91 Å². The zero-order valence-corrected chi connectivity index (χ0v) is 11.8. The molecule has 7 heteroatoms. The Kier molecular flexibility index (Phi) is 4.25. The number of nitrogens with one attached hydrogen (secondary N) is 1. The molecule has 1 aliphatic rings. The molecule has 0 saturated carbocycles. The molecular weight excluding hydrogens is 305 g/mol. The maximum absolute atomic E-state index is 13.4. The number of halogens is 2. The van der Waals surface area contributed by atoms with Crippen LogP contribution < -0.4 is 5.32 Å². The molecule has 4 nitrogen and oxygen atoms in total. The van der Waals surface area contributed by atoms with Crippen molar-refractivity contribution in [3.8, 4) is 0 Å². The molecule has 1 fully saturated rings. The number of allylic oxidation sites excluding steroid dienone is 2. The van der Waals surface area contributed by atoms with Crippen LogP contribution in [0.4, 0.5) is 4.39 Å². The van der Waals surface area contributed by atoms with E-state index in [2.05, 4.69) is 5.32 Å². The number of amides is 1. The number of carbonyl (C=O) groups excluding carboxylic acids is 1. The van der Waals surface area contributed by atoms with Crippen LogP contribution in [0.1, 0.15) is 5.56 Å². The van der Waals surface area contributed by atoms with Gasteiger partial charge in [-0.3, -0.25) is 4.79 Å². The Morgan fingerprint density at radius 2 is 2.10 bits per heavy atom. The van der Waals surface area contributed by atoms with Crippen LogP contribution in [0, 0.1) is 5.82 Å². The van der Waals surface area contributed by atoms with E-state index in [1.54, 1.807) is 0 Å². The summed E-state index contributed by atoms with van der Waals surface area (Å²) >= 11 is 5.74. The van der Waals surface area contributed by atoms with E-state index in [4.69, 9.17) is 11.6 Å². The number of sulfone groups is 1. The largest absolute Gasteiger partial charge is 0.350 e. The SMILES string of the molecule is O=C1NCCS(=O)(=O)/C1=C/C=C/c1cc(Cl)ccc1F. The molecule has 1 saturated heterocycles. The number of hydrogen-bond acceptors (Lipinski definition) is 3. The van der Waals surface area contributed by atoms with Crippen LogP contribution in [0.3, 0.4) is 0 Å². The summed E-state index contributed by atoms with van der Waals surface area (Å²) < 4.78 is 36.8. The molecule has 0 radical (unpaired) electrons. The predicted octanol–water partition coefficient (Wildman–Crippen LogP) is 1.92. The van der Waals surface area contributed by atoms with E-state index >= 15 is 0 Å². The Labute approximate surface area is 120 Å². The lowest BCUT2D eigenvalue weighted by atomic mass is 10.2. The van der Waals surface area contributed by atoms with E-state index in [0.717, 1.165) is 6.08 Å². The lowest BCUT2D eigenvalue weighted by molar-refractivity contribution is -0.116. The van der Waals surface area contributed by atoms with E-state index in [9.17, 15) is 17.6 Å². The monoisotopic (exact) mass is 315 g/mol. The van der Waals surface area contributed by atoms with Gasteiger partial charge in [-0.2, -0.15) is 0 Å². The molecule has 0 atom stereocenters. The van der Waals surface area contributed by atoms with Crippen LogP contribution in [0.25, 0.3) is 6.08 Å². The molecule has 0 unspecified atom stereocenters. The molecular formula is C13H11ClFNO3S. The molecule has 1 heterocycles. The maximum Gasteiger partial charge on any atom is 0.262 e. The molecule has 1 N–H and O–H groups in total. The van der Waals surface area contributed by atoms with Crippen LogP contribution in [-0.2, 0) is 14.6 Å². The molecule has 1 amide bonds. The number of benzene rings is 1. The van der Waals surface area contributed by atoms with Crippen molar-refractivity contribution in [2.45, 2.75) is 0 Å². The molecule has 20 heavy (non-hydrogen) atoms. The molecule has 0 aliphatic carbocycles. The maximum atomic E-state index is 13.4. The van der Waals surface area contributed by atoms with Gasteiger partial charge in [-0.25, -0.2) is 12.8 Å². The molecule has 106 valence electrons. The fourth-order valence-electron chi connectivity index (χ4n) is 1.70. The van der Waals surface area contributed by atoms with E-state index in [1.165, 1.54) is 30.4 Å². The first-order valence-corrected chi connectivity index (χ1v) is 7.77. The first kappa shape index (κ1) is 14.7. The van der Waals surface area contributed by atoms with Crippen LogP contribution >= 0.6 is 11.6 Å². The highest BCUT2D eigenvalue weighted by molar-refractivity contribution is 7.96. The minimum Gasteiger partial charge on any atom is -0.350 e. The molecule has 0 bridgehead atoms. The minimum atomic E-state index is -3.57. The van der Waals surface area contributed by atoms with E-state index in [0.29, 0.717) is 5.02 Å². The van der Waals surface area contributed by atoms with Crippen molar-refractivity contribution in [3.63, 3.8) is 0 Å². The van der Waals surface area contributed by atoms with Crippen molar-refractivity contribution in [1.29, 1.82) is 0 Å². The molecule has 1 aliphatic heterocycles. The van der Waals surface area contributed by atoms with Crippen LogP contribution in [0.5, 0.6) is 0 Å². The molecule has 0 aromatic heterocycles. The first-order chi connectivity index (χ1) is 9.40. The van der Waals surface area contributed by atoms with Gasteiger partial charge in [0, 0.05) is 17.1 Å². The van der Waals surface area contributed by atoms with Gasteiger partial charge in [-0.1, -0.05) is 23.8 Å². The highest BCUT2D eigenvalue weighted by Gasteiger charge is 2.28. The van der Waals surface area contributed by atoms with Crippen molar-refractivity contribution < 1.29 is 17.6 Å². The highest BCUT2D eigenvalue weighted by atomic mass is 35.5. The number of carbonyl (C=O) groups is 1. The average Bonchev–Trinajstić information content (AvgIpc) is 2.36. The van der Waals surface area contributed by atoms with Crippen molar-refractivity contribution in [3.05, 3.63) is 51.7 Å². The van der Waals surface area contributed by atoms with Crippen molar-refractivity contribution >= 4 is 33.4 Å². The third-order valence-corrected chi connectivity index (χ3v) is 4.66. The number of rotatable bonds is 2. The normalized spacial score (nSPS) is 20.3. The minimum absolute atomic E-state index is 0.102. The Bertz CT molecular complexity index is 710. The molecule has 2 rings (SSSR count). The van der Waals surface area contributed by atoms with Crippen molar-refractivity contribution in [2.75, 3.05) is 12.3 Å². The van der Waals surface area contributed by atoms with Gasteiger partial charge in [0.2, 0.25) is 0 Å². The topological polar surface area (TPSA) is 63.2 Å². The van der Waals surface area contributed by atoms with Gasteiger partial charge >= 0.3 is 0 Å². The fraction of sp³-hybridized carbons (Fsp3) is 0.154. The van der Waals surface area contributed by atoms with E-state index in [-0.39, 0.29) is 22.8 Å². The zero-order chi connectivity index (χ0) is 14.8. The number of hydrogen-bond donors (Lipinski definition) is 1. The molecule has 1 aromatic carbocycles. The Morgan fingerprint density at radius 3 is 2.80 bits per heavy atom. The Balaban J connectivity index is 2.29. The summed E-state index contributed by atoms with van der Waals surface area (Å²) in [6.45, 7) is 0.102. The van der Waals surface area contributed by atoms with Crippen LogP contribution in [0.2, 0.25) is 5.02 Å². The van der Waals surface area contributed by atoms with Gasteiger partial charge in [0.05, 0.1) is 5.75 Å². The van der Waals surface area contributed by atoms with Crippen molar-refractivity contribution in [1.82, 2.24) is 5.32 Å². The summed E-state index contributed by atoms with van der Waals surface area (Å²) in [4.78, 5) is 11.2. The van der Waals surface area contributed by atoms with E-state index in [1.807, 2.05) is 0 Å². The van der Waals surface area contributed by atoms with Crippen LogP contribution in [-0.4, -0.2) is 26.6 Å². The summed E-state index contributed by atoms with van der Waals surface area (Å²) in [6, 6.07) is 4.02. The highest BCUT2D eigenvalue weighted by Crippen LogP contribution is 2.17. The van der Waals surface area contributed by atoms with Crippen LogP contribution in [0.15, 0.2) is 35.3 Å². The average molecular weight is 316 g/mol. The van der Waals surface area contributed by atoms with Gasteiger partial charge < -0.3 is 5.32 Å². The van der Waals surface area contributed by atoms with E-state index < -0.39 is 21.6 Å². The van der Waals surface area contributed by atoms with Gasteiger partial charge in [0.1, 0.15) is 10.7 Å². The predicted molar refractivity (Wildman–Crippen MR) is 75.3 cm³/mol. The second-order valence-electron chi connectivity index (χ2n) is 4.13. The van der Waals surface area contributed by atoms with Gasteiger partial charge in [-0.05, 0) is 24.3 Å². The smallest absolute Gasteiger partial charge is 0.262 e. The Hall–Kier alpha value is -1.66. The lowest BCUT2D eigenvalue weighted by Crippen LogP contribution is -2.39. The van der Waals surface area contributed by atoms with Gasteiger partial charge in [0.15, 0.2) is 9.84 Å². The summed E-state index contributed by atoms with van der Waals surface area (Å²) in [5.74, 6) is -1.27. The quantitative estimate of drug-likeness (QED) is 0.848. The Morgan fingerprint density at radius 1 is 1.35 bits per heavy atom. The summed E-state index contributed by atoms with van der Waals surface area (Å²) in [5, 5.41) is 2.80. The molecule has 0 spiro atoms. The third-order valence-electron chi connectivity index (χ3n) is 2.70. The van der Waals surface area contributed by atoms with Gasteiger partial charge in [-0.15, -0.1) is 0 Å². The summed E-state index contributed by atoms with van der Waals surface area (Å²) in [7, 11) is -3.57. The zero-order valence-electron chi connectivity index (χ0n) is 10.3. The summed E-state index contributed by atoms with van der Waals surface area (Å²) in [5.41, 5.74) is 0.211.